The van der Waals surface area contributed by atoms with Gasteiger partial charge in [0.1, 0.15) is 5.52 Å². The Balaban J connectivity index is 1.97. The van der Waals surface area contributed by atoms with Crippen LogP contribution in [0.4, 0.5) is 4.79 Å². The summed E-state index contributed by atoms with van der Waals surface area (Å²) in [6.07, 6.45) is 0.883. The Kier molecular flexibility index (Phi) is 6.32. The minimum absolute atomic E-state index is 0.0755. The summed E-state index contributed by atoms with van der Waals surface area (Å²) in [5.41, 5.74) is 2.03. The topological polar surface area (TPSA) is 101 Å². The molecule has 0 bridgehead atoms. The van der Waals surface area contributed by atoms with Gasteiger partial charge in [-0.3, -0.25) is 4.79 Å². The molecule has 3 N–H and O–H groups in total. The molecule has 1 atom stereocenters. The second kappa shape index (κ2) is 8.46. The predicted octanol–water partition coefficient (Wildman–Crippen LogP) is 1.67. The molecule has 0 saturated heterocycles. The van der Waals surface area contributed by atoms with Crippen molar-refractivity contribution >= 4 is 23.0 Å². The van der Waals surface area contributed by atoms with E-state index in [2.05, 4.69) is 26.3 Å². The first-order chi connectivity index (χ1) is 11.9. The molecule has 0 aliphatic rings. The van der Waals surface area contributed by atoms with Crippen LogP contribution in [0.25, 0.3) is 11.0 Å². The van der Waals surface area contributed by atoms with Gasteiger partial charge in [0.15, 0.2) is 0 Å². The number of urea groups is 1. The zero-order chi connectivity index (χ0) is 18.4. The lowest BCUT2D eigenvalue weighted by Gasteiger charge is -2.12. The van der Waals surface area contributed by atoms with Gasteiger partial charge in [0.05, 0.1) is 12.1 Å². The van der Waals surface area contributed by atoms with Gasteiger partial charge in [-0.15, -0.1) is 5.10 Å². The average molecular weight is 346 g/mol. The van der Waals surface area contributed by atoms with E-state index in [1.54, 1.807) is 16.8 Å². The van der Waals surface area contributed by atoms with Gasteiger partial charge in [-0.1, -0.05) is 12.1 Å². The first kappa shape index (κ1) is 18.7. The van der Waals surface area contributed by atoms with Crippen LogP contribution in [0.5, 0.6) is 0 Å². The SMILES string of the molecule is CC[C@@H](C)NC(=O)NCCn1nnc2cc(C(=O)NC(C)C)ccc21. The number of aromatic nitrogens is 3. The molecule has 0 fully saturated rings. The molecule has 136 valence electrons. The van der Waals surface area contributed by atoms with Crippen molar-refractivity contribution in [2.24, 2.45) is 0 Å². The van der Waals surface area contributed by atoms with Crippen LogP contribution in [0.1, 0.15) is 44.5 Å². The number of fused-ring (bicyclic) bond motifs is 1. The molecule has 0 spiro atoms. The Morgan fingerprint density at radius 3 is 2.64 bits per heavy atom. The summed E-state index contributed by atoms with van der Waals surface area (Å²) in [4.78, 5) is 23.7. The van der Waals surface area contributed by atoms with E-state index in [9.17, 15) is 9.59 Å². The molecule has 0 aliphatic carbocycles. The standard InChI is InChI=1S/C17H26N6O2/c1-5-12(4)20-17(25)18-8-9-23-15-7-6-13(10-14(15)21-22-23)16(24)19-11(2)3/h6-7,10-12H,5,8-9H2,1-4H3,(H,19,24)(H2,18,20,25)/t12-/m1/s1. The van der Waals surface area contributed by atoms with E-state index in [4.69, 9.17) is 0 Å². The zero-order valence-corrected chi connectivity index (χ0v) is 15.2. The number of carbonyl (C=O) groups is 2. The summed E-state index contributed by atoms with van der Waals surface area (Å²) in [6.45, 7) is 8.74. The number of nitrogens with one attached hydrogen (secondary N) is 3. The number of amides is 3. The molecule has 3 amide bonds. The summed E-state index contributed by atoms with van der Waals surface area (Å²) in [7, 11) is 0. The summed E-state index contributed by atoms with van der Waals surface area (Å²) in [6, 6.07) is 5.33. The van der Waals surface area contributed by atoms with Crippen LogP contribution in [0, 0.1) is 0 Å². The Morgan fingerprint density at radius 1 is 1.20 bits per heavy atom. The van der Waals surface area contributed by atoms with E-state index in [1.807, 2.05) is 33.8 Å². The van der Waals surface area contributed by atoms with Gasteiger partial charge in [0.25, 0.3) is 5.91 Å². The van der Waals surface area contributed by atoms with E-state index in [1.165, 1.54) is 0 Å². The fraction of sp³-hybridized carbons (Fsp3) is 0.529. The molecular formula is C17H26N6O2. The number of hydrogen-bond donors (Lipinski definition) is 3. The molecular weight excluding hydrogens is 320 g/mol. The maximum Gasteiger partial charge on any atom is 0.315 e. The first-order valence-electron chi connectivity index (χ1n) is 8.59. The third-order valence-corrected chi connectivity index (χ3v) is 3.79. The van der Waals surface area contributed by atoms with Gasteiger partial charge in [0.2, 0.25) is 0 Å². The number of nitrogens with zero attached hydrogens (tertiary/aromatic N) is 3. The number of benzene rings is 1. The Hall–Kier alpha value is -2.64. The summed E-state index contributed by atoms with van der Waals surface area (Å²) in [5.74, 6) is -0.130. The van der Waals surface area contributed by atoms with Crippen molar-refractivity contribution in [1.82, 2.24) is 30.9 Å². The van der Waals surface area contributed by atoms with Crippen LogP contribution < -0.4 is 16.0 Å². The Bertz CT molecular complexity index is 740. The van der Waals surface area contributed by atoms with Crippen molar-refractivity contribution in [3.8, 4) is 0 Å². The van der Waals surface area contributed by atoms with Crippen LogP contribution in [0.3, 0.4) is 0 Å². The van der Waals surface area contributed by atoms with E-state index in [0.717, 1.165) is 11.9 Å². The fourth-order valence-corrected chi connectivity index (χ4v) is 2.28. The lowest BCUT2D eigenvalue weighted by molar-refractivity contribution is 0.0943. The smallest absolute Gasteiger partial charge is 0.315 e. The Labute approximate surface area is 147 Å². The third kappa shape index (κ3) is 5.17. The van der Waals surface area contributed by atoms with Gasteiger partial charge < -0.3 is 16.0 Å². The molecule has 0 aliphatic heterocycles. The van der Waals surface area contributed by atoms with E-state index in [-0.39, 0.29) is 24.0 Å². The highest BCUT2D eigenvalue weighted by molar-refractivity contribution is 5.97. The minimum atomic E-state index is -0.189. The maximum atomic E-state index is 12.0. The molecule has 0 unspecified atom stereocenters. The fourth-order valence-electron chi connectivity index (χ4n) is 2.28. The second-order valence-electron chi connectivity index (χ2n) is 6.35. The highest BCUT2D eigenvalue weighted by Gasteiger charge is 2.11. The molecule has 0 radical (unpaired) electrons. The first-order valence-corrected chi connectivity index (χ1v) is 8.59. The van der Waals surface area contributed by atoms with E-state index >= 15 is 0 Å². The lowest BCUT2D eigenvalue weighted by atomic mass is 10.2. The van der Waals surface area contributed by atoms with Crippen molar-refractivity contribution in [3.05, 3.63) is 23.8 Å². The maximum absolute atomic E-state index is 12.0. The monoisotopic (exact) mass is 346 g/mol. The van der Waals surface area contributed by atoms with Crippen molar-refractivity contribution < 1.29 is 9.59 Å². The van der Waals surface area contributed by atoms with Gasteiger partial charge in [-0.25, -0.2) is 9.48 Å². The van der Waals surface area contributed by atoms with Crippen LogP contribution >= 0.6 is 0 Å². The van der Waals surface area contributed by atoms with Gasteiger partial charge in [-0.2, -0.15) is 0 Å². The van der Waals surface area contributed by atoms with E-state index in [0.29, 0.717) is 24.2 Å². The number of rotatable bonds is 7. The van der Waals surface area contributed by atoms with Gasteiger partial charge in [-0.05, 0) is 45.4 Å². The predicted molar refractivity (Wildman–Crippen MR) is 96.4 cm³/mol. The van der Waals surface area contributed by atoms with Crippen molar-refractivity contribution in [1.29, 1.82) is 0 Å². The number of hydrogen-bond acceptors (Lipinski definition) is 4. The van der Waals surface area contributed by atoms with Crippen molar-refractivity contribution in [2.75, 3.05) is 6.54 Å². The molecule has 0 saturated carbocycles. The second-order valence-corrected chi connectivity index (χ2v) is 6.35. The zero-order valence-electron chi connectivity index (χ0n) is 15.2. The largest absolute Gasteiger partial charge is 0.350 e. The quantitative estimate of drug-likeness (QED) is 0.710. The highest BCUT2D eigenvalue weighted by Crippen LogP contribution is 2.13. The van der Waals surface area contributed by atoms with Crippen LogP contribution in [-0.2, 0) is 6.54 Å². The summed E-state index contributed by atoms with van der Waals surface area (Å²) in [5, 5.41) is 16.7. The van der Waals surface area contributed by atoms with Crippen molar-refractivity contribution in [3.63, 3.8) is 0 Å². The molecule has 1 heterocycles. The van der Waals surface area contributed by atoms with Gasteiger partial charge >= 0.3 is 6.03 Å². The minimum Gasteiger partial charge on any atom is -0.350 e. The van der Waals surface area contributed by atoms with Crippen LogP contribution in [0.15, 0.2) is 18.2 Å². The Morgan fingerprint density at radius 2 is 1.96 bits per heavy atom. The van der Waals surface area contributed by atoms with Crippen LogP contribution in [0.2, 0.25) is 0 Å². The van der Waals surface area contributed by atoms with Gasteiger partial charge in [0, 0.05) is 24.2 Å². The number of carbonyl (C=O) groups excluding carboxylic acids is 2. The third-order valence-electron chi connectivity index (χ3n) is 3.79. The van der Waals surface area contributed by atoms with Crippen molar-refractivity contribution in [2.45, 2.75) is 52.7 Å². The molecule has 1 aromatic carbocycles. The lowest BCUT2D eigenvalue weighted by Crippen LogP contribution is -2.41. The average Bonchev–Trinajstić information content (AvgIpc) is 2.96. The highest BCUT2D eigenvalue weighted by atomic mass is 16.2. The molecule has 8 heteroatoms. The summed E-state index contributed by atoms with van der Waals surface area (Å²) >= 11 is 0. The molecule has 8 nitrogen and oxygen atoms in total. The van der Waals surface area contributed by atoms with E-state index < -0.39 is 0 Å². The summed E-state index contributed by atoms with van der Waals surface area (Å²) < 4.78 is 1.71. The molecule has 25 heavy (non-hydrogen) atoms. The molecule has 2 rings (SSSR count). The van der Waals surface area contributed by atoms with Crippen LogP contribution in [-0.4, -0.2) is 45.6 Å². The molecule has 2 aromatic rings. The normalized spacial score (nSPS) is 12.2. The molecule has 1 aromatic heterocycles.